The van der Waals surface area contributed by atoms with E-state index in [0.717, 1.165) is 11.3 Å². The number of hydrogen-bond acceptors (Lipinski definition) is 8. The first-order chi connectivity index (χ1) is 12.9. The average molecular weight is 366 g/mol. The SMILES string of the molecule is Cc1ccccc1Nc1nc(N)nc(COc2cccc([N+](=O)[O-])c2C)n1. The molecule has 0 saturated carbocycles. The Kier molecular flexibility index (Phi) is 5.11. The van der Waals surface area contributed by atoms with E-state index in [1.165, 1.54) is 6.07 Å². The summed E-state index contributed by atoms with van der Waals surface area (Å²) in [6.07, 6.45) is 0. The van der Waals surface area contributed by atoms with Crippen molar-refractivity contribution in [1.82, 2.24) is 15.0 Å². The van der Waals surface area contributed by atoms with E-state index >= 15 is 0 Å². The van der Waals surface area contributed by atoms with Crippen LogP contribution in [0.1, 0.15) is 17.0 Å². The number of nitrogens with two attached hydrogens (primary N) is 1. The number of nitrogens with one attached hydrogen (secondary N) is 1. The van der Waals surface area contributed by atoms with Crippen molar-refractivity contribution in [2.24, 2.45) is 0 Å². The van der Waals surface area contributed by atoms with E-state index in [1.54, 1.807) is 19.1 Å². The molecule has 0 bridgehead atoms. The van der Waals surface area contributed by atoms with Crippen LogP contribution in [0.25, 0.3) is 0 Å². The summed E-state index contributed by atoms with van der Waals surface area (Å²) in [6, 6.07) is 12.3. The minimum atomic E-state index is -0.451. The molecule has 0 fully saturated rings. The number of ether oxygens (including phenoxy) is 1. The van der Waals surface area contributed by atoms with Crippen molar-refractivity contribution < 1.29 is 9.66 Å². The van der Waals surface area contributed by atoms with Gasteiger partial charge in [0.15, 0.2) is 5.82 Å². The van der Waals surface area contributed by atoms with Crippen LogP contribution >= 0.6 is 0 Å². The van der Waals surface area contributed by atoms with Gasteiger partial charge in [0.05, 0.1) is 10.5 Å². The van der Waals surface area contributed by atoms with Gasteiger partial charge in [-0.3, -0.25) is 10.1 Å². The Bertz CT molecular complexity index is 993. The number of rotatable bonds is 6. The van der Waals surface area contributed by atoms with Gasteiger partial charge in [-0.25, -0.2) is 0 Å². The van der Waals surface area contributed by atoms with Crippen LogP contribution < -0.4 is 15.8 Å². The molecule has 3 aromatic rings. The van der Waals surface area contributed by atoms with Crippen LogP contribution in [0.5, 0.6) is 5.75 Å². The van der Waals surface area contributed by atoms with Crippen molar-refractivity contribution in [1.29, 1.82) is 0 Å². The number of nitro groups is 1. The van der Waals surface area contributed by atoms with Crippen LogP contribution in [-0.2, 0) is 6.61 Å². The molecule has 2 aromatic carbocycles. The summed E-state index contributed by atoms with van der Waals surface area (Å²) in [5.41, 5.74) is 8.07. The third-order valence-corrected chi connectivity index (χ3v) is 3.90. The Morgan fingerprint density at radius 2 is 1.89 bits per heavy atom. The first-order valence-electron chi connectivity index (χ1n) is 8.14. The Morgan fingerprint density at radius 1 is 1.11 bits per heavy atom. The molecule has 0 radical (unpaired) electrons. The maximum Gasteiger partial charge on any atom is 0.276 e. The standard InChI is InChI=1S/C18H18N6O3/c1-11-6-3-4-7-13(11)20-18-22-16(21-17(19)23-18)10-27-15-9-5-8-14(12(15)2)24(25)26/h3-9H,10H2,1-2H3,(H3,19,20,21,22,23). The molecule has 1 aromatic heterocycles. The van der Waals surface area contributed by atoms with Crippen molar-refractivity contribution in [3.63, 3.8) is 0 Å². The number of nitrogens with zero attached hydrogens (tertiary/aromatic N) is 4. The smallest absolute Gasteiger partial charge is 0.276 e. The quantitative estimate of drug-likeness (QED) is 0.502. The lowest BCUT2D eigenvalue weighted by molar-refractivity contribution is -0.385. The van der Waals surface area contributed by atoms with Crippen molar-refractivity contribution in [2.75, 3.05) is 11.1 Å². The largest absolute Gasteiger partial charge is 0.485 e. The molecule has 3 rings (SSSR count). The van der Waals surface area contributed by atoms with Crippen LogP contribution in [0.3, 0.4) is 0 Å². The fraction of sp³-hybridized carbons (Fsp3) is 0.167. The van der Waals surface area contributed by atoms with E-state index in [0.29, 0.717) is 23.1 Å². The van der Waals surface area contributed by atoms with E-state index in [2.05, 4.69) is 20.3 Å². The molecular weight excluding hydrogens is 348 g/mol. The minimum absolute atomic E-state index is 0.00280. The van der Waals surface area contributed by atoms with Gasteiger partial charge in [-0.1, -0.05) is 24.3 Å². The van der Waals surface area contributed by atoms with Gasteiger partial charge >= 0.3 is 0 Å². The van der Waals surface area contributed by atoms with Crippen molar-refractivity contribution in [3.05, 3.63) is 69.5 Å². The number of aromatic nitrogens is 3. The highest BCUT2D eigenvalue weighted by atomic mass is 16.6. The lowest BCUT2D eigenvalue weighted by Gasteiger charge is -2.11. The second kappa shape index (κ2) is 7.65. The zero-order valence-corrected chi connectivity index (χ0v) is 14.8. The molecule has 0 aliphatic heterocycles. The van der Waals surface area contributed by atoms with Gasteiger partial charge in [0.25, 0.3) is 5.69 Å². The molecule has 0 aliphatic carbocycles. The van der Waals surface area contributed by atoms with Crippen molar-refractivity contribution in [2.45, 2.75) is 20.5 Å². The lowest BCUT2D eigenvalue weighted by atomic mass is 10.2. The molecule has 0 atom stereocenters. The van der Waals surface area contributed by atoms with Gasteiger partial charge < -0.3 is 15.8 Å². The van der Waals surface area contributed by atoms with Gasteiger partial charge in [0, 0.05) is 11.8 Å². The van der Waals surface area contributed by atoms with Gasteiger partial charge in [-0.05, 0) is 31.5 Å². The molecule has 1 heterocycles. The Balaban J connectivity index is 1.78. The molecule has 9 heteroatoms. The summed E-state index contributed by atoms with van der Waals surface area (Å²) in [7, 11) is 0. The highest BCUT2D eigenvalue weighted by Gasteiger charge is 2.15. The zero-order valence-electron chi connectivity index (χ0n) is 14.8. The first-order valence-corrected chi connectivity index (χ1v) is 8.14. The molecule has 0 unspecified atom stereocenters. The van der Waals surface area contributed by atoms with Crippen molar-refractivity contribution >= 4 is 23.3 Å². The average Bonchev–Trinajstić information content (AvgIpc) is 2.62. The molecule has 138 valence electrons. The maximum atomic E-state index is 11.0. The summed E-state index contributed by atoms with van der Waals surface area (Å²) >= 11 is 0. The molecule has 27 heavy (non-hydrogen) atoms. The van der Waals surface area contributed by atoms with Gasteiger partial charge in [0.1, 0.15) is 12.4 Å². The van der Waals surface area contributed by atoms with Crippen LogP contribution in [0, 0.1) is 24.0 Å². The molecule has 0 saturated heterocycles. The van der Waals surface area contributed by atoms with Crippen LogP contribution in [-0.4, -0.2) is 19.9 Å². The first kappa shape index (κ1) is 18.1. The summed E-state index contributed by atoms with van der Waals surface area (Å²) in [6.45, 7) is 3.58. The third-order valence-electron chi connectivity index (χ3n) is 3.90. The predicted molar refractivity (Wildman–Crippen MR) is 101 cm³/mol. The van der Waals surface area contributed by atoms with E-state index in [-0.39, 0.29) is 18.2 Å². The second-order valence-corrected chi connectivity index (χ2v) is 5.82. The number of benzene rings is 2. The summed E-state index contributed by atoms with van der Waals surface area (Å²) in [5.74, 6) is 1.04. The number of hydrogen-bond donors (Lipinski definition) is 2. The van der Waals surface area contributed by atoms with E-state index in [1.807, 2.05) is 31.2 Å². The molecule has 0 spiro atoms. The molecule has 0 amide bonds. The Morgan fingerprint density at radius 3 is 2.63 bits per heavy atom. The Labute approximate surface area is 155 Å². The fourth-order valence-electron chi connectivity index (χ4n) is 2.49. The highest BCUT2D eigenvalue weighted by molar-refractivity contribution is 5.58. The third kappa shape index (κ3) is 4.27. The summed E-state index contributed by atoms with van der Waals surface area (Å²) in [5, 5.41) is 14.1. The Hall–Kier alpha value is -3.75. The van der Waals surface area contributed by atoms with Gasteiger partial charge in [-0.2, -0.15) is 15.0 Å². The minimum Gasteiger partial charge on any atom is -0.485 e. The van der Waals surface area contributed by atoms with E-state index in [9.17, 15) is 10.1 Å². The second-order valence-electron chi connectivity index (χ2n) is 5.82. The van der Waals surface area contributed by atoms with Crippen molar-refractivity contribution in [3.8, 4) is 5.75 Å². The molecule has 9 nitrogen and oxygen atoms in total. The zero-order chi connectivity index (χ0) is 19.4. The molecular formula is C18H18N6O3. The molecule has 0 aliphatic rings. The topological polar surface area (TPSA) is 129 Å². The molecule has 3 N–H and O–H groups in total. The number of anilines is 3. The highest BCUT2D eigenvalue weighted by Crippen LogP contribution is 2.27. The van der Waals surface area contributed by atoms with E-state index in [4.69, 9.17) is 10.5 Å². The number of para-hydroxylation sites is 1. The van der Waals surface area contributed by atoms with Crippen LogP contribution in [0.15, 0.2) is 42.5 Å². The van der Waals surface area contributed by atoms with Crippen LogP contribution in [0.4, 0.5) is 23.3 Å². The fourth-order valence-corrected chi connectivity index (χ4v) is 2.49. The van der Waals surface area contributed by atoms with Gasteiger partial charge in [0.2, 0.25) is 11.9 Å². The number of aryl methyl sites for hydroxylation is 1. The van der Waals surface area contributed by atoms with Crippen LogP contribution in [0.2, 0.25) is 0 Å². The summed E-state index contributed by atoms with van der Waals surface area (Å²) < 4.78 is 5.66. The predicted octanol–water partition coefficient (Wildman–Crippen LogP) is 3.30. The van der Waals surface area contributed by atoms with Gasteiger partial charge in [-0.15, -0.1) is 0 Å². The lowest BCUT2D eigenvalue weighted by Crippen LogP contribution is -2.10. The number of nitro benzene ring substituents is 1. The monoisotopic (exact) mass is 366 g/mol. The summed E-state index contributed by atoms with van der Waals surface area (Å²) in [4.78, 5) is 23.0. The van der Waals surface area contributed by atoms with E-state index < -0.39 is 4.92 Å². The maximum absolute atomic E-state index is 11.0. The number of nitrogen functional groups attached to an aromatic ring is 1. The normalized spacial score (nSPS) is 10.4.